The standard InChI is InChI=1S/C5H3ClF2N2/c6-4-3(5(7)8)9-1-2-10-4/h1-2,5H. The largest absolute Gasteiger partial charge is 0.283 e. The van der Waals surface area contributed by atoms with E-state index in [0.29, 0.717) is 0 Å². The minimum Gasteiger partial charge on any atom is -0.250 e. The molecule has 0 aliphatic carbocycles. The van der Waals surface area contributed by atoms with Crippen molar-refractivity contribution in [2.45, 2.75) is 6.43 Å². The molecule has 0 saturated carbocycles. The van der Waals surface area contributed by atoms with Crippen molar-refractivity contribution in [3.05, 3.63) is 23.2 Å². The van der Waals surface area contributed by atoms with Gasteiger partial charge in [-0.05, 0) is 0 Å². The zero-order chi connectivity index (χ0) is 7.56. The van der Waals surface area contributed by atoms with Crippen LogP contribution in [0.1, 0.15) is 12.1 Å². The zero-order valence-electron chi connectivity index (χ0n) is 4.76. The Kier molecular flexibility index (Phi) is 2.11. The van der Waals surface area contributed by atoms with Crippen LogP contribution in [0.5, 0.6) is 0 Å². The molecular formula is C5H3ClF2N2. The Bertz CT molecular complexity index is 229. The molecule has 5 heteroatoms. The van der Waals surface area contributed by atoms with Gasteiger partial charge in [0, 0.05) is 12.4 Å². The summed E-state index contributed by atoms with van der Waals surface area (Å²) < 4.78 is 23.7. The average Bonchev–Trinajstić information content (AvgIpc) is 1.88. The fourth-order valence-corrected chi connectivity index (χ4v) is 0.666. The van der Waals surface area contributed by atoms with Crippen molar-refractivity contribution in [1.29, 1.82) is 0 Å². The highest BCUT2D eigenvalue weighted by Crippen LogP contribution is 2.21. The molecule has 2 nitrogen and oxygen atoms in total. The highest BCUT2D eigenvalue weighted by atomic mass is 35.5. The van der Waals surface area contributed by atoms with Gasteiger partial charge in [0.05, 0.1) is 0 Å². The lowest BCUT2D eigenvalue weighted by Crippen LogP contribution is -1.91. The Labute approximate surface area is 60.9 Å². The molecule has 0 N–H and O–H groups in total. The number of alkyl halides is 2. The molecule has 0 unspecified atom stereocenters. The highest BCUT2D eigenvalue weighted by Gasteiger charge is 2.12. The first-order valence-corrected chi connectivity index (χ1v) is 2.84. The molecule has 0 amide bonds. The monoisotopic (exact) mass is 164 g/mol. The van der Waals surface area contributed by atoms with Gasteiger partial charge in [-0.1, -0.05) is 11.6 Å². The van der Waals surface area contributed by atoms with Crippen LogP contribution in [-0.2, 0) is 0 Å². The molecule has 54 valence electrons. The first kappa shape index (κ1) is 7.34. The maximum absolute atomic E-state index is 11.8. The summed E-state index contributed by atoms with van der Waals surface area (Å²) in [4.78, 5) is 6.76. The van der Waals surface area contributed by atoms with Gasteiger partial charge in [-0.25, -0.2) is 13.8 Å². The maximum Gasteiger partial charge on any atom is 0.283 e. The second kappa shape index (κ2) is 2.88. The third-order valence-electron chi connectivity index (χ3n) is 0.886. The molecule has 0 radical (unpaired) electrons. The molecule has 10 heavy (non-hydrogen) atoms. The molecule has 1 heterocycles. The van der Waals surface area contributed by atoms with Crippen molar-refractivity contribution in [3.8, 4) is 0 Å². The fraction of sp³-hybridized carbons (Fsp3) is 0.200. The fourth-order valence-electron chi connectivity index (χ4n) is 0.478. The van der Waals surface area contributed by atoms with E-state index in [0.717, 1.165) is 0 Å². The van der Waals surface area contributed by atoms with Gasteiger partial charge in [-0.3, -0.25) is 4.98 Å². The molecule has 0 aliphatic heterocycles. The van der Waals surface area contributed by atoms with E-state index in [1.54, 1.807) is 0 Å². The minimum absolute atomic E-state index is 0.238. The number of hydrogen-bond donors (Lipinski definition) is 0. The number of nitrogens with zero attached hydrogens (tertiary/aromatic N) is 2. The molecule has 0 fully saturated rings. The van der Waals surface area contributed by atoms with Gasteiger partial charge in [-0.15, -0.1) is 0 Å². The Morgan fingerprint density at radius 1 is 1.30 bits per heavy atom. The maximum atomic E-state index is 11.8. The van der Waals surface area contributed by atoms with Gasteiger partial charge < -0.3 is 0 Å². The number of halogens is 3. The SMILES string of the molecule is FC(F)c1nccnc1Cl. The Morgan fingerprint density at radius 3 is 2.30 bits per heavy atom. The first-order chi connectivity index (χ1) is 4.72. The van der Waals surface area contributed by atoms with Gasteiger partial charge in [0.25, 0.3) is 6.43 Å². The van der Waals surface area contributed by atoms with Crippen LogP contribution in [0.25, 0.3) is 0 Å². The van der Waals surface area contributed by atoms with Crippen molar-refractivity contribution in [3.63, 3.8) is 0 Å². The van der Waals surface area contributed by atoms with Crippen molar-refractivity contribution >= 4 is 11.6 Å². The van der Waals surface area contributed by atoms with Crippen molar-refractivity contribution < 1.29 is 8.78 Å². The number of rotatable bonds is 1. The molecule has 0 bridgehead atoms. The van der Waals surface area contributed by atoms with Crippen LogP contribution >= 0.6 is 11.6 Å². The normalized spacial score (nSPS) is 10.4. The van der Waals surface area contributed by atoms with Crippen molar-refractivity contribution in [2.24, 2.45) is 0 Å². The molecular weight excluding hydrogens is 162 g/mol. The summed E-state index contributed by atoms with van der Waals surface area (Å²) in [7, 11) is 0. The molecule has 1 aromatic rings. The summed E-state index contributed by atoms with van der Waals surface area (Å²) in [5.74, 6) is 0. The van der Waals surface area contributed by atoms with E-state index in [2.05, 4.69) is 9.97 Å². The Hall–Kier alpha value is -0.770. The highest BCUT2D eigenvalue weighted by molar-refractivity contribution is 6.30. The van der Waals surface area contributed by atoms with Gasteiger partial charge in [0.2, 0.25) is 0 Å². The van der Waals surface area contributed by atoms with E-state index in [4.69, 9.17) is 11.6 Å². The first-order valence-electron chi connectivity index (χ1n) is 2.46. The number of aromatic nitrogens is 2. The second-order valence-corrected chi connectivity index (χ2v) is 1.89. The van der Waals surface area contributed by atoms with E-state index in [9.17, 15) is 8.78 Å². The summed E-state index contributed by atoms with van der Waals surface area (Å²) in [6, 6.07) is 0. The second-order valence-electron chi connectivity index (χ2n) is 1.53. The lowest BCUT2D eigenvalue weighted by molar-refractivity contribution is 0.145. The minimum atomic E-state index is -2.65. The van der Waals surface area contributed by atoms with Crippen LogP contribution < -0.4 is 0 Å². The summed E-state index contributed by atoms with van der Waals surface area (Å²) >= 11 is 5.27. The summed E-state index contributed by atoms with van der Waals surface area (Å²) in [5.41, 5.74) is -0.468. The van der Waals surface area contributed by atoms with E-state index in [1.165, 1.54) is 12.4 Å². The lowest BCUT2D eigenvalue weighted by Gasteiger charge is -1.97. The average molecular weight is 165 g/mol. The molecule has 1 rings (SSSR count). The molecule has 0 aromatic carbocycles. The smallest absolute Gasteiger partial charge is 0.250 e. The summed E-state index contributed by atoms with van der Waals surface area (Å²) in [6.07, 6.45) is -0.220. The molecule has 0 aliphatic rings. The molecule has 1 aromatic heterocycles. The third-order valence-corrected chi connectivity index (χ3v) is 1.18. The Balaban J connectivity index is 3.03. The molecule has 0 atom stereocenters. The van der Waals surface area contributed by atoms with Crippen molar-refractivity contribution in [1.82, 2.24) is 9.97 Å². The lowest BCUT2D eigenvalue weighted by atomic mass is 10.5. The van der Waals surface area contributed by atoms with Gasteiger partial charge >= 0.3 is 0 Å². The van der Waals surface area contributed by atoms with Crippen LogP contribution in [-0.4, -0.2) is 9.97 Å². The quantitative estimate of drug-likeness (QED) is 0.635. The summed E-state index contributed by atoms with van der Waals surface area (Å²) in [5, 5.41) is -0.238. The van der Waals surface area contributed by atoms with Gasteiger partial charge in [0.15, 0.2) is 5.15 Å². The van der Waals surface area contributed by atoms with Gasteiger partial charge in [0.1, 0.15) is 5.69 Å². The van der Waals surface area contributed by atoms with Crippen LogP contribution in [0.4, 0.5) is 8.78 Å². The molecule has 0 saturated heterocycles. The van der Waals surface area contributed by atoms with Crippen molar-refractivity contribution in [2.75, 3.05) is 0 Å². The predicted molar refractivity (Wildman–Crippen MR) is 32.0 cm³/mol. The summed E-state index contributed by atoms with van der Waals surface area (Å²) in [6.45, 7) is 0. The third kappa shape index (κ3) is 1.39. The zero-order valence-corrected chi connectivity index (χ0v) is 5.52. The molecule has 0 spiro atoms. The van der Waals surface area contributed by atoms with Crippen LogP contribution in [0, 0.1) is 0 Å². The predicted octanol–water partition coefficient (Wildman–Crippen LogP) is 2.07. The number of hydrogen-bond acceptors (Lipinski definition) is 2. The van der Waals surface area contributed by atoms with E-state index < -0.39 is 12.1 Å². The van der Waals surface area contributed by atoms with Crippen LogP contribution in [0.15, 0.2) is 12.4 Å². The van der Waals surface area contributed by atoms with E-state index >= 15 is 0 Å². The van der Waals surface area contributed by atoms with Gasteiger partial charge in [-0.2, -0.15) is 0 Å². The van der Waals surface area contributed by atoms with E-state index in [-0.39, 0.29) is 5.15 Å². The van der Waals surface area contributed by atoms with Crippen LogP contribution in [0.3, 0.4) is 0 Å². The van der Waals surface area contributed by atoms with Crippen LogP contribution in [0.2, 0.25) is 5.15 Å². The van der Waals surface area contributed by atoms with E-state index in [1.807, 2.05) is 0 Å². The Morgan fingerprint density at radius 2 is 1.90 bits per heavy atom. The topological polar surface area (TPSA) is 25.8 Å².